The zero-order valence-electron chi connectivity index (χ0n) is 32.1. The first-order valence-electron chi connectivity index (χ1n) is 18.8. The number of nitrogens with zero attached hydrogens (tertiary/aromatic N) is 1. The van der Waals surface area contributed by atoms with Crippen LogP contribution >= 0.6 is 0 Å². The molecule has 1 rings (SSSR count). The molecule has 0 spiro atoms. The number of carbonyl (C=O) groups excluding carboxylic acids is 3. The predicted octanol–water partition coefficient (Wildman–Crippen LogP) is -0.0302. The van der Waals surface area contributed by atoms with Crippen molar-refractivity contribution >= 4 is 23.8 Å². The quantitative estimate of drug-likeness (QED) is 0.0418. The van der Waals surface area contributed by atoms with Crippen LogP contribution in [-0.4, -0.2) is 199 Å². The molecule has 0 aromatic heterocycles. The van der Waals surface area contributed by atoms with Gasteiger partial charge in [-0.1, -0.05) is 6.42 Å². The molecule has 0 aromatic rings. The average Bonchev–Trinajstić information content (AvgIpc) is 3.49. The molecular weight excluding hydrogens is 734 g/mol. The van der Waals surface area contributed by atoms with E-state index in [1.54, 1.807) is 5.48 Å². The van der Waals surface area contributed by atoms with Gasteiger partial charge in [0.25, 0.3) is 11.8 Å². The number of carbonyl (C=O) groups is 4. The Hall–Kier alpha value is -2.86. The van der Waals surface area contributed by atoms with Gasteiger partial charge in [0.2, 0.25) is 5.91 Å². The number of hydroxylamine groups is 1. The summed E-state index contributed by atoms with van der Waals surface area (Å²) in [5, 5.41) is 11.1. The van der Waals surface area contributed by atoms with E-state index in [9.17, 15) is 19.2 Å². The summed E-state index contributed by atoms with van der Waals surface area (Å²) >= 11 is 0. The van der Waals surface area contributed by atoms with Crippen molar-refractivity contribution in [2.75, 3.05) is 165 Å². The molecule has 1 aliphatic rings. The van der Waals surface area contributed by atoms with Gasteiger partial charge in [-0.15, -0.1) is 0 Å². The molecule has 4 amide bonds. The van der Waals surface area contributed by atoms with Gasteiger partial charge >= 0.3 is 6.09 Å². The van der Waals surface area contributed by atoms with Crippen molar-refractivity contribution in [1.82, 2.24) is 15.7 Å². The van der Waals surface area contributed by atoms with Crippen LogP contribution < -0.4 is 10.8 Å². The maximum Gasteiger partial charge on any atom is 0.428 e. The van der Waals surface area contributed by atoms with Crippen molar-refractivity contribution in [1.29, 1.82) is 0 Å². The number of ether oxygens (including phenoxy) is 11. The number of hydrogen-bond donors (Lipinski definition) is 3. The standard InChI is InChI=1S/C35H63N3O17/c39-32(4-2-1-3-8-38-33(40)5-6-34(38)41)36-7-9-44-10-11-45-12-13-46-14-15-47-16-17-48-18-19-49-20-21-50-22-23-51-24-25-52-26-27-53-28-29-54-30-31-55-37-35(42)43/h5-6,37H,1-4,7-31H2,(H,36,39)(H,42,43). The topological polar surface area (TPSA) is 227 Å². The van der Waals surface area contributed by atoms with E-state index < -0.39 is 6.09 Å². The third-order valence-corrected chi connectivity index (χ3v) is 6.96. The Kier molecular flexibility index (Phi) is 35.9. The van der Waals surface area contributed by atoms with Crippen LogP contribution in [0.2, 0.25) is 0 Å². The molecule has 0 radical (unpaired) electrons. The zero-order valence-corrected chi connectivity index (χ0v) is 32.1. The third-order valence-electron chi connectivity index (χ3n) is 6.96. The molecule has 0 aromatic carbocycles. The number of nitrogens with one attached hydrogen (secondary N) is 2. The number of amides is 4. The largest absolute Gasteiger partial charge is 0.464 e. The number of unbranched alkanes of at least 4 members (excludes halogenated alkanes) is 2. The fourth-order valence-corrected chi connectivity index (χ4v) is 4.25. The summed E-state index contributed by atoms with van der Waals surface area (Å²) in [5.41, 5.74) is 1.77. The molecule has 0 unspecified atom stereocenters. The Bertz CT molecular complexity index is 961. The van der Waals surface area contributed by atoms with Crippen molar-refractivity contribution in [2.24, 2.45) is 0 Å². The Morgan fingerprint density at radius 1 is 0.473 bits per heavy atom. The highest BCUT2D eigenvalue weighted by atomic mass is 16.7. The molecule has 1 heterocycles. The zero-order chi connectivity index (χ0) is 39.7. The van der Waals surface area contributed by atoms with E-state index in [-0.39, 0.29) is 30.9 Å². The van der Waals surface area contributed by atoms with Crippen LogP contribution in [0.4, 0.5) is 4.79 Å². The summed E-state index contributed by atoms with van der Waals surface area (Å²) < 4.78 is 59.7. The molecule has 55 heavy (non-hydrogen) atoms. The lowest BCUT2D eigenvalue weighted by molar-refractivity contribution is -0.137. The summed E-state index contributed by atoms with van der Waals surface area (Å²) in [6.07, 6.45) is 3.82. The number of hydrogen-bond acceptors (Lipinski definition) is 16. The molecular formula is C35H63N3O17. The highest BCUT2D eigenvalue weighted by molar-refractivity contribution is 6.12. The second-order valence-corrected chi connectivity index (χ2v) is 11.3. The van der Waals surface area contributed by atoms with Gasteiger partial charge in [-0.2, -0.15) is 5.48 Å². The van der Waals surface area contributed by atoms with Crippen molar-refractivity contribution in [2.45, 2.75) is 25.7 Å². The van der Waals surface area contributed by atoms with Gasteiger partial charge in [-0.25, -0.2) is 4.79 Å². The molecule has 20 nitrogen and oxygen atoms in total. The Morgan fingerprint density at radius 3 is 1.15 bits per heavy atom. The first kappa shape index (κ1) is 50.2. The van der Waals surface area contributed by atoms with Crippen LogP contribution in [0.3, 0.4) is 0 Å². The highest BCUT2D eigenvalue weighted by Gasteiger charge is 2.22. The van der Waals surface area contributed by atoms with Gasteiger partial charge < -0.3 is 62.5 Å². The van der Waals surface area contributed by atoms with Gasteiger partial charge in [0.15, 0.2) is 0 Å². The molecule has 0 bridgehead atoms. The average molecular weight is 798 g/mol. The first-order valence-corrected chi connectivity index (χ1v) is 18.8. The Labute approximate surface area is 323 Å². The SMILES string of the molecule is O=C(O)NOCCOCCOCCOCCOCCOCCOCCOCCOCCOCCOCCOCCNC(=O)CCCCCN1C(=O)C=CC1=O. The van der Waals surface area contributed by atoms with E-state index in [0.717, 1.165) is 6.42 Å². The molecule has 20 heteroatoms. The molecule has 1 aliphatic heterocycles. The van der Waals surface area contributed by atoms with Gasteiger partial charge in [-0.05, 0) is 12.8 Å². The normalized spacial score (nSPS) is 12.6. The minimum atomic E-state index is -1.25. The predicted molar refractivity (Wildman–Crippen MR) is 193 cm³/mol. The first-order chi connectivity index (χ1) is 27.0. The Morgan fingerprint density at radius 2 is 0.800 bits per heavy atom. The van der Waals surface area contributed by atoms with Crippen molar-refractivity contribution in [3.05, 3.63) is 12.2 Å². The minimum Gasteiger partial charge on any atom is -0.464 e. The maximum atomic E-state index is 11.9. The molecule has 0 fully saturated rings. The van der Waals surface area contributed by atoms with Crippen LogP contribution in [0.1, 0.15) is 25.7 Å². The summed E-state index contributed by atoms with van der Waals surface area (Å²) in [4.78, 5) is 50.8. The lowest BCUT2D eigenvalue weighted by atomic mass is 10.2. The second-order valence-electron chi connectivity index (χ2n) is 11.3. The van der Waals surface area contributed by atoms with E-state index in [0.29, 0.717) is 171 Å². The van der Waals surface area contributed by atoms with Crippen LogP contribution in [-0.2, 0) is 71.3 Å². The summed E-state index contributed by atoms with van der Waals surface area (Å²) in [7, 11) is 0. The van der Waals surface area contributed by atoms with E-state index >= 15 is 0 Å². The highest BCUT2D eigenvalue weighted by Crippen LogP contribution is 2.07. The van der Waals surface area contributed by atoms with Gasteiger partial charge in [-0.3, -0.25) is 24.1 Å². The monoisotopic (exact) mass is 797 g/mol. The van der Waals surface area contributed by atoms with Crippen LogP contribution in [0, 0.1) is 0 Å². The van der Waals surface area contributed by atoms with E-state index in [1.807, 2.05) is 0 Å². The van der Waals surface area contributed by atoms with E-state index in [1.165, 1.54) is 17.1 Å². The van der Waals surface area contributed by atoms with E-state index in [2.05, 4.69) is 10.2 Å². The second kappa shape index (κ2) is 39.4. The smallest absolute Gasteiger partial charge is 0.428 e. The summed E-state index contributed by atoms with van der Waals surface area (Å²) in [6.45, 7) is 10.6. The maximum absolute atomic E-state index is 11.9. The van der Waals surface area contributed by atoms with Gasteiger partial charge in [0.1, 0.15) is 0 Å². The van der Waals surface area contributed by atoms with Crippen LogP contribution in [0.5, 0.6) is 0 Å². The molecule has 320 valence electrons. The lowest BCUT2D eigenvalue weighted by Gasteiger charge is -2.13. The van der Waals surface area contributed by atoms with Crippen molar-refractivity contribution in [3.8, 4) is 0 Å². The van der Waals surface area contributed by atoms with Crippen LogP contribution in [0.25, 0.3) is 0 Å². The molecule has 0 saturated carbocycles. The molecule has 0 aliphatic carbocycles. The minimum absolute atomic E-state index is 0.0486. The third kappa shape index (κ3) is 35.3. The van der Waals surface area contributed by atoms with Gasteiger partial charge in [0.05, 0.1) is 152 Å². The number of carboxylic acid groups (broad SMARTS) is 1. The van der Waals surface area contributed by atoms with E-state index in [4.69, 9.17) is 57.2 Å². The lowest BCUT2D eigenvalue weighted by Crippen LogP contribution is -2.31. The summed E-state index contributed by atoms with van der Waals surface area (Å²) in [5.74, 6) is -0.600. The van der Waals surface area contributed by atoms with Crippen molar-refractivity contribution < 1.29 is 81.2 Å². The number of imide groups is 1. The number of rotatable bonds is 43. The molecule has 0 atom stereocenters. The van der Waals surface area contributed by atoms with Gasteiger partial charge in [0, 0.05) is 31.7 Å². The fraction of sp³-hybridized carbons (Fsp3) is 0.829. The Balaban J connectivity index is 1.64. The fourth-order valence-electron chi connectivity index (χ4n) is 4.25. The summed E-state index contributed by atoms with van der Waals surface area (Å²) in [6, 6.07) is 0. The molecule has 0 saturated heterocycles. The van der Waals surface area contributed by atoms with Crippen LogP contribution in [0.15, 0.2) is 12.2 Å². The van der Waals surface area contributed by atoms with Crippen molar-refractivity contribution in [3.63, 3.8) is 0 Å². The molecule has 3 N–H and O–H groups in total.